The Morgan fingerprint density at radius 3 is 2.05 bits per heavy atom. The zero-order valence-corrected chi connectivity index (χ0v) is 15.8. The predicted octanol–water partition coefficient (Wildman–Crippen LogP) is 3.51. The number of nitrogen functional groups attached to an aromatic ring is 1. The van der Waals surface area contributed by atoms with Gasteiger partial charge < -0.3 is 5.73 Å². The number of hydrogen-bond donors (Lipinski definition) is 2. The van der Waals surface area contributed by atoms with Gasteiger partial charge in [-0.2, -0.15) is 0 Å². The number of nitrogens with two attached hydrogens (primary N) is 1. The maximum absolute atomic E-state index is 12.6. The van der Waals surface area contributed by atoms with Gasteiger partial charge in [0.2, 0.25) is 10.0 Å². The van der Waals surface area contributed by atoms with E-state index in [4.69, 9.17) is 5.73 Å². The second kappa shape index (κ2) is 4.69. The molecule has 0 atom stereocenters. The third-order valence-electron chi connectivity index (χ3n) is 4.60. The number of anilines is 1. The SMILES string of the molecule is CC1(C)C(NS(=O)(=O)c2c(N)cc(Br)cc2Br)C1(C)C. The highest BCUT2D eigenvalue weighted by Crippen LogP contribution is 2.63. The highest BCUT2D eigenvalue weighted by atomic mass is 79.9. The third-order valence-corrected chi connectivity index (χ3v) is 7.48. The van der Waals surface area contributed by atoms with Crippen LogP contribution in [0.15, 0.2) is 26.0 Å². The zero-order valence-electron chi connectivity index (χ0n) is 11.8. The fraction of sp³-hybridized carbons (Fsp3) is 0.538. The second-order valence-corrected chi connectivity index (χ2v) is 9.72. The van der Waals surface area contributed by atoms with E-state index in [1.165, 1.54) is 0 Å². The van der Waals surface area contributed by atoms with Crippen molar-refractivity contribution in [1.29, 1.82) is 0 Å². The van der Waals surface area contributed by atoms with E-state index in [0.29, 0.717) is 4.47 Å². The first-order valence-electron chi connectivity index (χ1n) is 6.18. The molecule has 0 unspecified atom stereocenters. The van der Waals surface area contributed by atoms with Crippen molar-refractivity contribution in [1.82, 2.24) is 4.72 Å². The lowest BCUT2D eigenvalue weighted by Gasteiger charge is -2.12. The van der Waals surface area contributed by atoms with Crippen molar-refractivity contribution in [2.45, 2.75) is 38.6 Å². The maximum atomic E-state index is 12.6. The van der Waals surface area contributed by atoms with Crippen molar-refractivity contribution < 1.29 is 8.42 Å². The molecule has 1 fully saturated rings. The van der Waals surface area contributed by atoms with Crippen LogP contribution >= 0.6 is 31.9 Å². The third kappa shape index (κ3) is 2.42. The predicted molar refractivity (Wildman–Crippen MR) is 87.9 cm³/mol. The average Bonchev–Trinajstić information content (AvgIpc) is 2.58. The highest BCUT2D eigenvalue weighted by molar-refractivity contribution is 9.11. The van der Waals surface area contributed by atoms with Crippen LogP contribution in [0.2, 0.25) is 0 Å². The van der Waals surface area contributed by atoms with Gasteiger partial charge >= 0.3 is 0 Å². The van der Waals surface area contributed by atoms with Gasteiger partial charge in [0.15, 0.2) is 0 Å². The molecule has 112 valence electrons. The van der Waals surface area contributed by atoms with E-state index in [1.807, 2.05) is 0 Å². The van der Waals surface area contributed by atoms with E-state index in [9.17, 15) is 8.42 Å². The summed E-state index contributed by atoms with van der Waals surface area (Å²) >= 11 is 6.56. The Hall–Kier alpha value is -0.110. The molecule has 3 N–H and O–H groups in total. The summed E-state index contributed by atoms with van der Waals surface area (Å²) in [6.07, 6.45) is 0. The van der Waals surface area contributed by atoms with Gasteiger partial charge in [-0.15, -0.1) is 0 Å². The van der Waals surface area contributed by atoms with Gasteiger partial charge in [-0.05, 0) is 38.9 Å². The van der Waals surface area contributed by atoms with Crippen LogP contribution < -0.4 is 10.5 Å². The molecule has 0 aliphatic heterocycles. The summed E-state index contributed by atoms with van der Waals surface area (Å²) in [5.41, 5.74) is 5.93. The van der Waals surface area contributed by atoms with Crippen LogP contribution in [0.1, 0.15) is 27.7 Å². The lowest BCUT2D eigenvalue weighted by molar-refractivity contribution is 0.457. The summed E-state index contributed by atoms with van der Waals surface area (Å²) in [5, 5.41) is 0. The zero-order chi connectivity index (χ0) is 15.5. The molecule has 0 saturated heterocycles. The Balaban J connectivity index is 2.39. The number of hydrogen-bond acceptors (Lipinski definition) is 3. The minimum Gasteiger partial charge on any atom is -0.398 e. The van der Waals surface area contributed by atoms with Gasteiger partial charge in [-0.3, -0.25) is 0 Å². The average molecular weight is 426 g/mol. The van der Waals surface area contributed by atoms with Crippen molar-refractivity contribution in [2.24, 2.45) is 10.8 Å². The van der Waals surface area contributed by atoms with Crippen LogP contribution in [0, 0.1) is 10.8 Å². The lowest BCUT2D eigenvalue weighted by Crippen LogP contribution is -2.30. The first-order chi connectivity index (χ1) is 8.91. The number of sulfonamides is 1. The van der Waals surface area contributed by atoms with Gasteiger partial charge in [0.25, 0.3) is 0 Å². The molecule has 0 bridgehead atoms. The fourth-order valence-electron chi connectivity index (χ4n) is 2.57. The normalized spacial score (nSPS) is 20.9. The number of benzene rings is 1. The molecular weight excluding hydrogens is 408 g/mol. The Labute approximate surface area is 136 Å². The summed E-state index contributed by atoms with van der Waals surface area (Å²) in [6.45, 7) is 8.22. The second-order valence-electron chi connectivity index (χ2n) is 6.30. The van der Waals surface area contributed by atoms with Crippen molar-refractivity contribution in [3.8, 4) is 0 Å². The molecule has 0 radical (unpaired) electrons. The van der Waals surface area contributed by atoms with Crippen LogP contribution in [0.5, 0.6) is 0 Å². The number of rotatable bonds is 3. The van der Waals surface area contributed by atoms with Gasteiger partial charge in [0, 0.05) is 15.0 Å². The molecule has 7 heteroatoms. The number of halogens is 2. The Bertz CT molecular complexity index is 632. The van der Waals surface area contributed by atoms with Crippen LogP contribution in [0.4, 0.5) is 5.69 Å². The standard InChI is InChI=1S/C13H18Br2N2O2S/c1-12(2)11(13(12,3)4)17-20(18,19)10-8(15)5-7(14)6-9(10)16/h5-6,11,17H,16H2,1-4H3. The van der Waals surface area contributed by atoms with E-state index >= 15 is 0 Å². The summed E-state index contributed by atoms with van der Waals surface area (Å²) in [5.74, 6) is 0. The molecule has 1 aliphatic rings. The highest BCUT2D eigenvalue weighted by Gasteiger charge is 2.66. The van der Waals surface area contributed by atoms with E-state index in [0.717, 1.165) is 4.47 Å². The molecule has 20 heavy (non-hydrogen) atoms. The van der Waals surface area contributed by atoms with Crippen LogP contribution in [-0.4, -0.2) is 14.5 Å². The van der Waals surface area contributed by atoms with Crippen LogP contribution in [-0.2, 0) is 10.0 Å². The maximum Gasteiger partial charge on any atom is 0.244 e. The van der Waals surface area contributed by atoms with Crippen LogP contribution in [0.3, 0.4) is 0 Å². The van der Waals surface area contributed by atoms with E-state index in [2.05, 4.69) is 64.3 Å². The molecule has 1 aliphatic carbocycles. The molecule has 0 aromatic heterocycles. The molecule has 1 aromatic rings. The van der Waals surface area contributed by atoms with Crippen molar-refractivity contribution in [2.75, 3.05) is 5.73 Å². The van der Waals surface area contributed by atoms with Gasteiger partial charge in [0.1, 0.15) is 4.90 Å². The van der Waals surface area contributed by atoms with Crippen LogP contribution in [0.25, 0.3) is 0 Å². The summed E-state index contributed by atoms with van der Waals surface area (Å²) < 4.78 is 29.1. The summed E-state index contributed by atoms with van der Waals surface area (Å²) in [4.78, 5) is 0.0965. The van der Waals surface area contributed by atoms with Gasteiger partial charge in [-0.25, -0.2) is 13.1 Å². The molecule has 1 saturated carbocycles. The Kier molecular flexibility index (Phi) is 3.82. The van der Waals surface area contributed by atoms with Crippen molar-refractivity contribution in [3.63, 3.8) is 0 Å². The molecular formula is C13H18Br2N2O2S. The summed E-state index contributed by atoms with van der Waals surface area (Å²) in [6, 6.07) is 3.16. The Morgan fingerprint density at radius 1 is 1.15 bits per heavy atom. The minimum atomic E-state index is -3.66. The molecule has 2 rings (SSSR count). The minimum absolute atomic E-state index is 0.0727. The van der Waals surface area contributed by atoms with E-state index in [-0.39, 0.29) is 27.5 Å². The van der Waals surface area contributed by atoms with Gasteiger partial charge in [-0.1, -0.05) is 43.6 Å². The first kappa shape index (κ1) is 16.3. The largest absolute Gasteiger partial charge is 0.398 e. The number of nitrogens with one attached hydrogen (secondary N) is 1. The van der Waals surface area contributed by atoms with Crippen molar-refractivity contribution >= 4 is 47.6 Å². The molecule has 0 heterocycles. The molecule has 1 aromatic carbocycles. The molecule has 0 spiro atoms. The smallest absolute Gasteiger partial charge is 0.244 e. The first-order valence-corrected chi connectivity index (χ1v) is 9.25. The van der Waals surface area contributed by atoms with Crippen molar-refractivity contribution in [3.05, 3.63) is 21.1 Å². The van der Waals surface area contributed by atoms with E-state index in [1.54, 1.807) is 12.1 Å². The lowest BCUT2D eigenvalue weighted by atomic mass is 10.0. The monoisotopic (exact) mass is 424 g/mol. The van der Waals surface area contributed by atoms with Gasteiger partial charge in [0.05, 0.1) is 5.69 Å². The fourth-order valence-corrected chi connectivity index (χ4v) is 6.17. The quantitative estimate of drug-likeness (QED) is 0.727. The molecule has 0 amide bonds. The topological polar surface area (TPSA) is 72.2 Å². The summed E-state index contributed by atoms with van der Waals surface area (Å²) in [7, 11) is -3.66. The Morgan fingerprint density at radius 2 is 1.65 bits per heavy atom. The molecule has 4 nitrogen and oxygen atoms in total. The van der Waals surface area contributed by atoms with E-state index < -0.39 is 10.0 Å².